The highest BCUT2D eigenvalue weighted by Crippen LogP contribution is 2.53. The summed E-state index contributed by atoms with van der Waals surface area (Å²) < 4.78 is 9.02. The van der Waals surface area contributed by atoms with Crippen LogP contribution in [0.5, 0.6) is 0 Å². The summed E-state index contributed by atoms with van der Waals surface area (Å²) >= 11 is 7.67. The van der Waals surface area contributed by atoms with Crippen molar-refractivity contribution >= 4 is 31.9 Å². The second kappa shape index (κ2) is 5.95. The number of alkyl halides is 1. The largest absolute Gasteiger partial charge is 0.374 e. The molecule has 2 heterocycles. The topological polar surface area (TPSA) is 39.1 Å². The van der Waals surface area contributed by atoms with E-state index in [1.165, 1.54) is 24.1 Å². The summed E-state index contributed by atoms with van der Waals surface area (Å²) in [6.07, 6.45) is 3.50. The Morgan fingerprint density at radius 1 is 1.38 bits per heavy atom. The van der Waals surface area contributed by atoms with Gasteiger partial charge in [0.15, 0.2) is 0 Å². The third kappa shape index (κ3) is 2.52. The molecule has 2 atom stereocenters. The summed E-state index contributed by atoms with van der Waals surface area (Å²) in [7, 11) is 1.81. The first-order valence-corrected chi connectivity index (χ1v) is 9.35. The fourth-order valence-corrected chi connectivity index (χ4v) is 5.43. The number of hydrogen-bond donors (Lipinski definition) is 1. The van der Waals surface area contributed by atoms with E-state index in [4.69, 9.17) is 9.84 Å². The van der Waals surface area contributed by atoms with E-state index in [0.29, 0.717) is 10.9 Å². The predicted molar refractivity (Wildman–Crippen MR) is 91.0 cm³/mol. The minimum absolute atomic E-state index is 0.0630. The standard InChI is InChI=1S/C15H23Br2N3O/c1-9(2)20-11-10(14(17)19-20)8-15(4-6-18-7-5-15)13(16)12(11)21-3/h9,12-13,18H,4-8H2,1-3H3. The minimum Gasteiger partial charge on any atom is -0.374 e. The predicted octanol–water partition coefficient (Wildman–Crippen LogP) is 3.60. The summed E-state index contributed by atoms with van der Waals surface area (Å²) in [5.74, 6) is 0. The third-order valence-corrected chi connectivity index (χ3v) is 7.08. The van der Waals surface area contributed by atoms with Gasteiger partial charge in [-0.05, 0) is 67.5 Å². The van der Waals surface area contributed by atoms with Crippen molar-refractivity contribution in [1.82, 2.24) is 15.1 Å². The van der Waals surface area contributed by atoms with Crippen molar-refractivity contribution in [2.24, 2.45) is 5.41 Å². The molecule has 1 aliphatic heterocycles. The normalized spacial score (nSPS) is 28.1. The van der Waals surface area contributed by atoms with Crippen LogP contribution in [0.15, 0.2) is 4.60 Å². The lowest BCUT2D eigenvalue weighted by atomic mass is 9.66. The number of nitrogens with zero attached hydrogens (tertiary/aromatic N) is 2. The van der Waals surface area contributed by atoms with Crippen molar-refractivity contribution in [3.8, 4) is 0 Å². The lowest BCUT2D eigenvalue weighted by Gasteiger charge is -2.47. The highest BCUT2D eigenvalue weighted by atomic mass is 79.9. The van der Waals surface area contributed by atoms with Gasteiger partial charge in [-0.25, -0.2) is 0 Å². The molecule has 0 radical (unpaired) electrons. The van der Waals surface area contributed by atoms with E-state index >= 15 is 0 Å². The Morgan fingerprint density at radius 3 is 2.62 bits per heavy atom. The van der Waals surface area contributed by atoms with Gasteiger partial charge in [0.05, 0.1) is 10.5 Å². The van der Waals surface area contributed by atoms with Crippen molar-refractivity contribution in [3.63, 3.8) is 0 Å². The Balaban J connectivity index is 2.09. The average Bonchev–Trinajstić information content (AvgIpc) is 2.79. The van der Waals surface area contributed by atoms with Crippen LogP contribution in [0.4, 0.5) is 0 Å². The molecule has 1 aliphatic carbocycles. The Morgan fingerprint density at radius 2 is 2.05 bits per heavy atom. The maximum atomic E-state index is 5.91. The summed E-state index contributed by atoms with van der Waals surface area (Å²) in [6, 6.07) is 0.337. The van der Waals surface area contributed by atoms with Gasteiger partial charge < -0.3 is 10.1 Å². The molecule has 2 aliphatic rings. The molecule has 1 aromatic rings. The average molecular weight is 421 g/mol. The van der Waals surface area contributed by atoms with E-state index < -0.39 is 0 Å². The number of aromatic nitrogens is 2. The molecular formula is C15H23Br2N3O. The first kappa shape index (κ1) is 16.0. The van der Waals surface area contributed by atoms with Gasteiger partial charge in [-0.15, -0.1) is 0 Å². The minimum atomic E-state index is 0.0630. The molecule has 21 heavy (non-hydrogen) atoms. The molecule has 2 unspecified atom stereocenters. The Labute approximate surface area is 143 Å². The molecule has 0 aromatic carbocycles. The van der Waals surface area contributed by atoms with E-state index in [2.05, 4.69) is 55.7 Å². The molecule has 0 saturated carbocycles. The molecule has 0 amide bonds. The van der Waals surface area contributed by atoms with E-state index in [1.807, 2.05) is 7.11 Å². The zero-order valence-electron chi connectivity index (χ0n) is 12.8. The summed E-state index contributed by atoms with van der Waals surface area (Å²) in [5.41, 5.74) is 2.85. The van der Waals surface area contributed by atoms with E-state index in [1.54, 1.807) is 0 Å². The molecule has 1 saturated heterocycles. The van der Waals surface area contributed by atoms with Gasteiger partial charge in [0.25, 0.3) is 0 Å². The van der Waals surface area contributed by atoms with Crippen molar-refractivity contribution in [2.45, 2.75) is 50.1 Å². The van der Waals surface area contributed by atoms with Gasteiger partial charge in [0.1, 0.15) is 10.7 Å². The number of hydrogen-bond acceptors (Lipinski definition) is 3. The van der Waals surface area contributed by atoms with Crippen LogP contribution in [0.2, 0.25) is 0 Å². The third-order valence-electron chi connectivity index (χ3n) is 4.99. The molecule has 4 nitrogen and oxygen atoms in total. The van der Waals surface area contributed by atoms with E-state index in [-0.39, 0.29) is 11.5 Å². The highest BCUT2D eigenvalue weighted by molar-refractivity contribution is 9.10. The smallest absolute Gasteiger partial charge is 0.131 e. The maximum Gasteiger partial charge on any atom is 0.131 e. The van der Waals surface area contributed by atoms with Crippen LogP contribution < -0.4 is 5.32 Å². The zero-order valence-corrected chi connectivity index (χ0v) is 16.0. The van der Waals surface area contributed by atoms with E-state index in [9.17, 15) is 0 Å². The van der Waals surface area contributed by atoms with Crippen molar-refractivity contribution in [2.75, 3.05) is 20.2 Å². The van der Waals surface area contributed by atoms with Gasteiger partial charge in [-0.3, -0.25) is 4.68 Å². The van der Waals surface area contributed by atoms with Crippen LogP contribution in [0.1, 0.15) is 50.1 Å². The summed E-state index contributed by atoms with van der Waals surface area (Å²) in [6.45, 7) is 6.52. The first-order valence-electron chi connectivity index (χ1n) is 7.64. The van der Waals surface area contributed by atoms with Crippen LogP contribution in [0.25, 0.3) is 0 Å². The van der Waals surface area contributed by atoms with Gasteiger partial charge in [0, 0.05) is 18.7 Å². The van der Waals surface area contributed by atoms with Crippen molar-refractivity contribution in [3.05, 3.63) is 15.9 Å². The quantitative estimate of drug-likeness (QED) is 0.742. The molecular weight excluding hydrogens is 398 g/mol. The Hall–Kier alpha value is 0.0900. The van der Waals surface area contributed by atoms with Gasteiger partial charge in [-0.1, -0.05) is 15.9 Å². The molecule has 3 rings (SSSR count). The Kier molecular flexibility index (Phi) is 4.52. The molecule has 1 N–H and O–H groups in total. The van der Waals surface area contributed by atoms with Gasteiger partial charge in [-0.2, -0.15) is 5.10 Å². The molecule has 1 fully saturated rings. The monoisotopic (exact) mass is 419 g/mol. The molecule has 1 spiro atoms. The second-order valence-corrected chi connectivity index (χ2v) is 8.28. The fourth-order valence-electron chi connectivity index (χ4n) is 3.83. The first-order chi connectivity index (χ1) is 10.00. The van der Waals surface area contributed by atoms with Crippen molar-refractivity contribution in [1.29, 1.82) is 0 Å². The molecule has 1 aromatic heterocycles. The van der Waals surface area contributed by atoms with E-state index in [0.717, 1.165) is 24.1 Å². The fraction of sp³-hybridized carbons (Fsp3) is 0.800. The molecule has 6 heteroatoms. The maximum absolute atomic E-state index is 5.91. The Bertz CT molecular complexity index is 523. The van der Waals surface area contributed by atoms with Crippen LogP contribution in [-0.4, -0.2) is 34.8 Å². The van der Waals surface area contributed by atoms with Gasteiger partial charge in [0.2, 0.25) is 0 Å². The summed E-state index contributed by atoms with van der Waals surface area (Å²) in [4.78, 5) is 0.339. The SMILES string of the molecule is COC1c2c(c(Br)nn2C(C)C)CC2(CCNCC2)C1Br. The second-order valence-electron chi connectivity index (χ2n) is 6.54. The van der Waals surface area contributed by atoms with Crippen molar-refractivity contribution < 1.29 is 4.74 Å². The lowest BCUT2D eigenvalue weighted by molar-refractivity contribution is 0.0287. The lowest BCUT2D eigenvalue weighted by Crippen LogP contribution is -2.49. The van der Waals surface area contributed by atoms with Crippen LogP contribution in [0.3, 0.4) is 0 Å². The van der Waals surface area contributed by atoms with Crippen LogP contribution >= 0.6 is 31.9 Å². The highest BCUT2D eigenvalue weighted by Gasteiger charge is 2.49. The van der Waals surface area contributed by atoms with Crippen LogP contribution in [-0.2, 0) is 11.2 Å². The van der Waals surface area contributed by atoms with Gasteiger partial charge >= 0.3 is 0 Å². The van der Waals surface area contributed by atoms with Crippen LogP contribution in [0, 0.1) is 5.41 Å². The number of ether oxygens (including phenoxy) is 1. The number of piperidine rings is 1. The number of methoxy groups -OCH3 is 1. The number of fused-ring (bicyclic) bond motifs is 1. The molecule has 0 bridgehead atoms. The number of nitrogens with one attached hydrogen (secondary N) is 1. The number of rotatable bonds is 2. The number of halogens is 2. The molecule has 118 valence electrons. The summed E-state index contributed by atoms with van der Waals surface area (Å²) in [5, 5.41) is 8.20. The zero-order chi connectivity index (χ0) is 15.2.